The van der Waals surface area contributed by atoms with Crippen molar-refractivity contribution >= 4 is 5.71 Å². The Kier molecular flexibility index (Phi) is 3.84. The van der Waals surface area contributed by atoms with Gasteiger partial charge >= 0.3 is 0 Å². The first kappa shape index (κ1) is 10.9. The molecule has 14 heavy (non-hydrogen) atoms. The molecule has 0 aromatic heterocycles. The maximum absolute atomic E-state index is 5.10. The second-order valence-corrected chi connectivity index (χ2v) is 3.32. The van der Waals surface area contributed by atoms with Crippen LogP contribution < -0.4 is 0 Å². The minimum atomic E-state index is -0.0867. The lowest BCUT2D eigenvalue weighted by Crippen LogP contribution is -2.09. The third kappa shape index (κ3) is 2.67. The first-order valence-corrected chi connectivity index (χ1v) is 4.81. The van der Waals surface area contributed by atoms with Gasteiger partial charge in [-0.15, -0.1) is 0 Å². The first-order valence-electron chi connectivity index (χ1n) is 4.81. The quantitative estimate of drug-likeness (QED) is 0.657. The number of hydrogen-bond acceptors (Lipinski definition) is 2. The standard InChI is InChI=1S/C12H17NO/c1-5-11-8-9(2)6-7-12(11)13-10(3)14-4/h5-8,10H,1-4H3/b11-5-,13-12-. The van der Waals surface area contributed by atoms with Crippen molar-refractivity contribution in [2.45, 2.75) is 27.0 Å². The molecule has 0 N–H and O–H groups in total. The Balaban J connectivity index is 2.92. The summed E-state index contributed by atoms with van der Waals surface area (Å²) in [5.41, 5.74) is 3.41. The van der Waals surface area contributed by atoms with Crippen LogP contribution >= 0.6 is 0 Å². The molecule has 2 nitrogen and oxygen atoms in total. The fourth-order valence-electron chi connectivity index (χ4n) is 1.27. The average Bonchev–Trinajstić information content (AvgIpc) is 2.20. The predicted octanol–water partition coefficient (Wildman–Crippen LogP) is 2.88. The minimum absolute atomic E-state index is 0.0867. The third-order valence-electron chi connectivity index (χ3n) is 2.16. The van der Waals surface area contributed by atoms with Gasteiger partial charge in [0, 0.05) is 7.11 Å². The van der Waals surface area contributed by atoms with Crippen molar-refractivity contribution in [1.82, 2.24) is 0 Å². The van der Waals surface area contributed by atoms with Gasteiger partial charge in [0.05, 0.1) is 5.71 Å². The van der Waals surface area contributed by atoms with Crippen molar-refractivity contribution in [3.05, 3.63) is 35.5 Å². The summed E-state index contributed by atoms with van der Waals surface area (Å²) in [4.78, 5) is 4.44. The zero-order valence-corrected chi connectivity index (χ0v) is 9.24. The largest absolute Gasteiger partial charge is 0.360 e. The van der Waals surface area contributed by atoms with Crippen molar-refractivity contribution < 1.29 is 4.74 Å². The summed E-state index contributed by atoms with van der Waals surface area (Å²) in [5.74, 6) is 0. The lowest BCUT2D eigenvalue weighted by atomic mass is 10.0. The SMILES string of the molecule is C/C=C1/C=C(C)C=C/C1=N/C(C)OC. The van der Waals surface area contributed by atoms with E-state index in [4.69, 9.17) is 4.74 Å². The summed E-state index contributed by atoms with van der Waals surface area (Å²) < 4.78 is 5.10. The summed E-state index contributed by atoms with van der Waals surface area (Å²) in [6, 6.07) is 0. The maximum atomic E-state index is 5.10. The molecule has 0 aliphatic heterocycles. The zero-order chi connectivity index (χ0) is 10.6. The molecule has 0 saturated carbocycles. The summed E-state index contributed by atoms with van der Waals surface area (Å²) in [7, 11) is 1.66. The van der Waals surface area contributed by atoms with Gasteiger partial charge in [-0.2, -0.15) is 0 Å². The van der Waals surface area contributed by atoms with Gasteiger partial charge in [0.2, 0.25) is 0 Å². The molecule has 1 aliphatic carbocycles. The van der Waals surface area contributed by atoms with Gasteiger partial charge in [-0.25, -0.2) is 0 Å². The monoisotopic (exact) mass is 191 g/mol. The van der Waals surface area contributed by atoms with Crippen LogP contribution in [0, 0.1) is 0 Å². The van der Waals surface area contributed by atoms with E-state index in [1.165, 1.54) is 5.57 Å². The first-order chi connectivity index (χ1) is 6.67. The van der Waals surface area contributed by atoms with Crippen LogP contribution in [0.3, 0.4) is 0 Å². The fraction of sp³-hybridized carbons (Fsp3) is 0.417. The molecule has 0 amide bonds. The molecule has 0 bridgehead atoms. The number of hydrogen-bond donors (Lipinski definition) is 0. The normalized spacial score (nSPS) is 24.1. The van der Waals surface area contributed by atoms with Gasteiger partial charge in [-0.3, -0.25) is 4.99 Å². The highest BCUT2D eigenvalue weighted by Crippen LogP contribution is 2.14. The Morgan fingerprint density at radius 1 is 1.43 bits per heavy atom. The van der Waals surface area contributed by atoms with Crippen molar-refractivity contribution in [2.24, 2.45) is 4.99 Å². The maximum Gasteiger partial charge on any atom is 0.145 e. The van der Waals surface area contributed by atoms with Crippen LogP contribution in [0.4, 0.5) is 0 Å². The summed E-state index contributed by atoms with van der Waals surface area (Å²) >= 11 is 0. The number of methoxy groups -OCH3 is 1. The van der Waals surface area contributed by atoms with E-state index in [2.05, 4.69) is 30.1 Å². The minimum Gasteiger partial charge on any atom is -0.360 e. The zero-order valence-electron chi connectivity index (χ0n) is 9.24. The van der Waals surface area contributed by atoms with Gasteiger partial charge in [0.15, 0.2) is 0 Å². The molecule has 0 radical (unpaired) electrons. The van der Waals surface area contributed by atoms with Gasteiger partial charge in [0.1, 0.15) is 6.23 Å². The van der Waals surface area contributed by atoms with E-state index in [1.807, 2.05) is 19.9 Å². The molecule has 0 fully saturated rings. The molecular weight excluding hydrogens is 174 g/mol. The van der Waals surface area contributed by atoms with Crippen LogP contribution in [0.5, 0.6) is 0 Å². The van der Waals surface area contributed by atoms with Crippen molar-refractivity contribution in [3.63, 3.8) is 0 Å². The summed E-state index contributed by atoms with van der Waals surface area (Å²) in [5, 5.41) is 0. The van der Waals surface area contributed by atoms with Crippen molar-refractivity contribution in [3.8, 4) is 0 Å². The number of allylic oxidation sites excluding steroid dienone is 6. The highest BCUT2D eigenvalue weighted by atomic mass is 16.5. The Morgan fingerprint density at radius 3 is 2.71 bits per heavy atom. The number of aliphatic imine (C=N–C) groups is 1. The van der Waals surface area contributed by atoms with Crippen LogP contribution in [0.2, 0.25) is 0 Å². The summed E-state index contributed by atoms with van der Waals surface area (Å²) in [6.07, 6.45) is 8.19. The Hall–Kier alpha value is -1.15. The van der Waals surface area contributed by atoms with Crippen LogP contribution in [-0.2, 0) is 4.74 Å². The van der Waals surface area contributed by atoms with E-state index in [9.17, 15) is 0 Å². The molecular formula is C12H17NO. The molecule has 76 valence electrons. The Bertz CT molecular complexity index is 321. The highest BCUT2D eigenvalue weighted by molar-refractivity contribution is 6.11. The van der Waals surface area contributed by atoms with Crippen LogP contribution in [-0.4, -0.2) is 19.0 Å². The van der Waals surface area contributed by atoms with Crippen molar-refractivity contribution in [1.29, 1.82) is 0 Å². The number of ether oxygens (including phenoxy) is 1. The summed E-state index contributed by atoms with van der Waals surface area (Å²) in [6.45, 7) is 6.03. The van der Waals surface area contributed by atoms with Crippen LogP contribution in [0.25, 0.3) is 0 Å². The van der Waals surface area contributed by atoms with Gasteiger partial charge < -0.3 is 4.74 Å². The molecule has 0 aromatic rings. The van der Waals surface area contributed by atoms with E-state index in [1.54, 1.807) is 7.11 Å². The third-order valence-corrected chi connectivity index (χ3v) is 2.16. The number of nitrogens with zero attached hydrogens (tertiary/aromatic N) is 1. The molecule has 0 spiro atoms. The average molecular weight is 191 g/mol. The molecule has 1 aliphatic rings. The molecule has 0 saturated heterocycles. The number of rotatable bonds is 2. The smallest absolute Gasteiger partial charge is 0.145 e. The van der Waals surface area contributed by atoms with Crippen LogP contribution in [0.15, 0.2) is 40.4 Å². The molecule has 2 heteroatoms. The molecule has 0 heterocycles. The fourth-order valence-corrected chi connectivity index (χ4v) is 1.27. The lowest BCUT2D eigenvalue weighted by molar-refractivity contribution is 0.126. The Morgan fingerprint density at radius 2 is 2.14 bits per heavy atom. The lowest BCUT2D eigenvalue weighted by Gasteiger charge is -2.11. The van der Waals surface area contributed by atoms with Crippen molar-refractivity contribution in [2.75, 3.05) is 7.11 Å². The second-order valence-electron chi connectivity index (χ2n) is 3.32. The van der Waals surface area contributed by atoms with E-state index < -0.39 is 0 Å². The van der Waals surface area contributed by atoms with E-state index in [-0.39, 0.29) is 6.23 Å². The molecule has 1 unspecified atom stereocenters. The van der Waals surface area contributed by atoms with Crippen LogP contribution in [0.1, 0.15) is 20.8 Å². The Labute approximate surface area is 85.7 Å². The molecule has 1 rings (SSSR count). The van der Waals surface area contributed by atoms with E-state index >= 15 is 0 Å². The molecule has 0 aromatic carbocycles. The van der Waals surface area contributed by atoms with Gasteiger partial charge in [-0.05, 0) is 32.4 Å². The highest BCUT2D eigenvalue weighted by Gasteiger charge is 2.06. The van der Waals surface area contributed by atoms with Gasteiger partial charge in [-0.1, -0.05) is 23.8 Å². The van der Waals surface area contributed by atoms with Gasteiger partial charge in [0.25, 0.3) is 0 Å². The van der Waals surface area contributed by atoms with E-state index in [0.717, 1.165) is 11.3 Å². The molecule has 1 atom stereocenters. The predicted molar refractivity (Wildman–Crippen MR) is 60.6 cm³/mol. The second kappa shape index (κ2) is 4.91. The van der Waals surface area contributed by atoms with E-state index in [0.29, 0.717) is 0 Å². The topological polar surface area (TPSA) is 21.6 Å².